The van der Waals surface area contributed by atoms with E-state index in [0.717, 1.165) is 28.6 Å². The fourth-order valence-corrected chi connectivity index (χ4v) is 3.83. The standard InChI is InChI=1S/C20H20ClN3O2S2/c1-3-4-8-26-14-7-5-6-13(10-14)18(25)23-19(27)24-20-22-16-11-15(21)12(2)9-17(16)28-20/h5-7,9-11H,3-4,8H2,1-2H3,(H2,22,23,24,25,27). The number of nitrogens with one attached hydrogen (secondary N) is 2. The molecule has 1 aromatic heterocycles. The van der Waals surface area contributed by atoms with Gasteiger partial charge >= 0.3 is 0 Å². The SMILES string of the molecule is CCCCOc1cccc(C(=O)NC(=S)Nc2nc3cc(Cl)c(C)cc3s2)c1. The van der Waals surface area contributed by atoms with Crippen LogP contribution < -0.4 is 15.4 Å². The number of halogens is 1. The van der Waals surface area contributed by atoms with Gasteiger partial charge in [0.2, 0.25) is 0 Å². The monoisotopic (exact) mass is 433 g/mol. The quantitative estimate of drug-likeness (QED) is 0.393. The van der Waals surface area contributed by atoms with Crippen LogP contribution in [-0.4, -0.2) is 22.6 Å². The average molecular weight is 434 g/mol. The second-order valence-electron chi connectivity index (χ2n) is 6.23. The number of aryl methyl sites for hydroxylation is 1. The zero-order valence-corrected chi connectivity index (χ0v) is 17.9. The molecule has 0 unspecified atom stereocenters. The molecule has 0 saturated carbocycles. The summed E-state index contributed by atoms with van der Waals surface area (Å²) < 4.78 is 6.64. The van der Waals surface area contributed by atoms with Crippen LogP contribution in [0.1, 0.15) is 35.7 Å². The van der Waals surface area contributed by atoms with Crippen LogP contribution >= 0.6 is 35.2 Å². The first-order valence-corrected chi connectivity index (χ1v) is 10.5. The van der Waals surface area contributed by atoms with Crippen LogP contribution in [0.15, 0.2) is 36.4 Å². The Balaban J connectivity index is 1.63. The fourth-order valence-electron chi connectivity index (χ4n) is 2.47. The molecule has 0 fully saturated rings. The molecule has 5 nitrogen and oxygen atoms in total. The van der Waals surface area contributed by atoms with Crippen LogP contribution in [0.2, 0.25) is 5.02 Å². The van der Waals surface area contributed by atoms with E-state index in [-0.39, 0.29) is 11.0 Å². The van der Waals surface area contributed by atoms with Crippen molar-refractivity contribution in [1.29, 1.82) is 0 Å². The lowest BCUT2D eigenvalue weighted by Gasteiger charge is -2.09. The van der Waals surface area contributed by atoms with Crippen molar-refractivity contribution in [3.63, 3.8) is 0 Å². The minimum atomic E-state index is -0.307. The molecule has 8 heteroatoms. The summed E-state index contributed by atoms with van der Waals surface area (Å²) >= 11 is 12.8. The lowest BCUT2D eigenvalue weighted by molar-refractivity contribution is 0.0977. The van der Waals surface area contributed by atoms with Crippen LogP contribution in [0.3, 0.4) is 0 Å². The summed E-state index contributed by atoms with van der Waals surface area (Å²) in [6, 6.07) is 10.8. The maximum atomic E-state index is 12.5. The molecule has 0 aliphatic heterocycles. The van der Waals surface area contributed by atoms with Crippen LogP contribution in [0, 0.1) is 6.92 Å². The molecule has 2 N–H and O–H groups in total. The van der Waals surface area contributed by atoms with Crippen LogP contribution in [0.25, 0.3) is 10.2 Å². The van der Waals surface area contributed by atoms with Crippen LogP contribution in [0.4, 0.5) is 5.13 Å². The molecule has 0 radical (unpaired) electrons. The average Bonchev–Trinajstić information content (AvgIpc) is 3.03. The topological polar surface area (TPSA) is 63.2 Å². The Morgan fingerprint density at radius 1 is 1.32 bits per heavy atom. The Kier molecular flexibility index (Phi) is 6.83. The highest BCUT2D eigenvalue weighted by Gasteiger charge is 2.12. The lowest BCUT2D eigenvalue weighted by Crippen LogP contribution is -2.34. The van der Waals surface area contributed by atoms with E-state index in [9.17, 15) is 4.79 Å². The molecule has 1 amide bonds. The number of hydrogen-bond donors (Lipinski definition) is 2. The van der Waals surface area contributed by atoms with E-state index in [1.165, 1.54) is 11.3 Å². The summed E-state index contributed by atoms with van der Waals surface area (Å²) in [5, 5.41) is 7.08. The van der Waals surface area contributed by atoms with Crippen molar-refractivity contribution in [3.8, 4) is 5.75 Å². The second-order valence-corrected chi connectivity index (χ2v) is 8.07. The maximum absolute atomic E-state index is 12.5. The third-order valence-electron chi connectivity index (χ3n) is 3.98. The number of nitrogens with zero attached hydrogens (tertiary/aromatic N) is 1. The molecule has 0 aliphatic carbocycles. The molecule has 1 heterocycles. The lowest BCUT2D eigenvalue weighted by atomic mass is 10.2. The Labute approximate surface area is 178 Å². The van der Waals surface area contributed by atoms with Crippen molar-refractivity contribution >= 4 is 61.5 Å². The van der Waals surface area contributed by atoms with Crippen molar-refractivity contribution in [3.05, 3.63) is 52.5 Å². The molecule has 3 rings (SSSR count). The van der Waals surface area contributed by atoms with Gasteiger partial charge in [0.25, 0.3) is 5.91 Å². The van der Waals surface area contributed by atoms with Gasteiger partial charge in [-0.3, -0.25) is 10.1 Å². The van der Waals surface area contributed by atoms with Gasteiger partial charge in [0.1, 0.15) is 5.75 Å². The normalized spacial score (nSPS) is 10.7. The smallest absolute Gasteiger partial charge is 0.257 e. The molecule has 0 bridgehead atoms. The van der Waals surface area contributed by atoms with Crippen molar-refractivity contribution < 1.29 is 9.53 Å². The Bertz CT molecular complexity index is 981. The molecule has 0 atom stereocenters. The van der Waals surface area contributed by atoms with E-state index in [2.05, 4.69) is 22.5 Å². The number of ether oxygens (including phenoxy) is 1. The number of anilines is 1. The molecule has 3 aromatic rings. The molecule has 28 heavy (non-hydrogen) atoms. The Morgan fingerprint density at radius 3 is 2.93 bits per heavy atom. The highest BCUT2D eigenvalue weighted by molar-refractivity contribution is 7.80. The van der Waals surface area contributed by atoms with E-state index in [4.69, 9.17) is 28.6 Å². The summed E-state index contributed by atoms with van der Waals surface area (Å²) in [6.45, 7) is 4.67. The van der Waals surface area contributed by atoms with E-state index in [1.807, 2.05) is 25.1 Å². The second kappa shape index (κ2) is 9.32. The van der Waals surface area contributed by atoms with E-state index < -0.39 is 0 Å². The predicted octanol–water partition coefficient (Wildman–Crippen LogP) is 5.56. The number of unbranched alkanes of at least 4 members (excludes halogenated alkanes) is 1. The first kappa shape index (κ1) is 20.5. The first-order chi connectivity index (χ1) is 13.5. The third-order valence-corrected chi connectivity index (χ3v) is 5.52. The van der Waals surface area contributed by atoms with E-state index >= 15 is 0 Å². The van der Waals surface area contributed by atoms with Gasteiger partial charge in [0.15, 0.2) is 10.2 Å². The molecular formula is C20H20ClN3O2S2. The largest absolute Gasteiger partial charge is 0.494 e. The molecule has 0 aliphatic rings. The highest BCUT2D eigenvalue weighted by atomic mass is 35.5. The minimum absolute atomic E-state index is 0.184. The number of amides is 1. The summed E-state index contributed by atoms with van der Waals surface area (Å²) in [7, 11) is 0. The highest BCUT2D eigenvalue weighted by Crippen LogP contribution is 2.30. The first-order valence-electron chi connectivity index (χ1n) is 8.88. The molecule has 0 spiro atoms. The zero-order valence-electron chi connectivity index (χ0n) is 15.5. The number of fused-ring (bicyclic) bond motifs is 1. The number of thiocarbonyl (C=S) groups is 1. The number of hydrogen-bond acceptors (Lipinski definition) is 5. The molecule has 0 saturated heterocycles. The van der Waals surface area contributed by atoms with Crippen molar-refractivity contribution in [1.82, 2.24) is 10.3 Å². The number of aromatic nitrogens is 1. The summed E-state index contributed by atoms with van der Waals surface area (Å²) in [6.07, 6.45) is 2.02. The van der Waals surface area contributed by atoms with Gasteiger partial charge in [0.05, 0.1) is 16.8 Å². The fraction of sp³-hybridized carbons (Fsp3) is 0.250. The van der Waals surface area contributed by atoms with Gasteiger partial charge in [-0.2, -0.15) is 0 Å². The number of rotatable bonds is 6. The zero-order chi connectivity index (χ0) is 20.1. The van der Waals surface area contributed by atoms with Crippen molar-refractivity contribution in [2.75, 3.05) is 11.9 Å². The Morgan fingerprint density at radius 2 is 2.14 bits per heavy atom. The van der Waals surface area contributed by atoms with Crippen LogP contribution in [-0.2, 0) is 0 Å². The van der Waals surface area contributed by atoms with Gasteiger partial charge in [-0.15, -0.1) is 0 Å². The molecular weight excluding hydrogens is 414 g/mol. The number of carbonyl (C=O) groups excluding carboxylic acids is 1. The van der Waals surface area contributed by atoms with Gasteiger partial charge < -0.3 is 10.1 Å². The van der Waals surface area contributed by atoms with Gasteiger partial charge in [0, 0.05) is 10.6 Å². The summed E-state index contributed by atoms with van der Waals surface area (Å²) in [5.74, 6) is 0.358. The molecule has 2 aromatic carbocycles. The van der Waals surface area contributed by atoms with Crippen molar-refractivity contribution in [2.45, 2.75) is 26.7 Å². The molecule has 146 valence electrons. The van der Waals surface area contributed by atoms with E-state index in [1.54, 1.807) is 18.2 Å². The Hall–Kier alpha value is -2.22. The van der Waals surface area contributed by atoms with Gasteiger partial charge in [-0.05, 0) is 61.5 Å². The van der Waals surface area contributed by atoms with E-state index in [0.29, 0.717) is 28.1 Å². The maximum Gasteiger partial charge on any atom is 0.257 e. The van der Waals surface area contributed by atoms with Gasteiger partial charge in [-0.25, -0.2) is 4.98 Å². The number of benzene rings is 2. The predicted molar refractivity (Wildman–Crippen MR) is 120 cm³/mol. The van der Waals surface area contributed by atoms with Crippen LogP contribution in [0.5, 0.6) is 5.75 Å². The number of thiazole rings is 1. The summed E-state index contributed by atoms with van der Waals surface area (Å²) in [4.78, 5) is 16.9. The number of carbonyl (C=O) groups is 1. The van der Waals surface area contributed by atoms with Gasteiger partial charge in [-0.1, -0.05) is 42.3 Å². The summed E-state index contributed by atoms with van der Waals surface area (Å²) in [5.41, 5.74) is 2.25. The van der Waals surface area contributed by atoms with Crippen molar-refractivity contribution in [2.24, 2.45) is 0 Å². The minimum Gasteiger partial charge on any atom is -0.494 e. The third kappa shape index (κ3) is 5.19.